The van der Waals surface area contributed by atoms with Gasteiger partial charge < -0.3 is 10.6 Å². The van der Waals surface area contributed by atoms with Crippen LogP contribution in [0.2, 0.25) is 0 Å². The Balaban J connectivity index is 4.03. The molecule has 0 radical (unpaired) electrons. The Hall–Kier alpha value is -1.42. The molecule has 0 aliphatic carbocycles. The van der Waals surface area contributed by atoms with Crippen LogP contribution >= 0.6 is 11.8 Å². The van der Waals surface area contributed by atoms with Gasteiger partial charge in [0, 0.05) is 17.5 Å². The maximum atomic E-state index is 12.1. The smallest absolute Gasteiger partial charge is 0.242 e. The Morgan fingerprint density at radius 3 is 2.21 bits per heavy atom. The number of thioether (sulfide) groups is 1. The van der Waals surface area contributed by atoms with E-state index in [9.17, 15) is 4.79 Å². The van der Waals surface area contributed by atoms with Crippen molar-refractivity contribution in [3.8, 4) is 0 Å². The van der Waals surface area contributed by atoms with Gasteiger partial charge in [0.25, 0.3) is 0 Å². The fourth-order valence-corrected chi connectivity index (χ4v) is 3.67. The number of carbonyl (C=O) groups excluding carboxylic acids is 1. The van der Waals surface area contributed by atoms with Gasteiger partial charge in [0.15, 0.2) is 0 Å². The lowest BCUT2D eigenvalue weighted by Crippen LogP contribution is -2.45. The predicted molar refractivity (Wildman–Crippen MR) is 128 cm³/mol. The molecule has 2 unspecified atom stereocenters. The van der Waals surface area contributed by atoms with Gasteiger partial charge in [-0.1, -0.05) is 48.5 Å². The standard InChI is InChI=1S/C24H42N2OS/c1-8-23(25-9-2)24(27)26-22(7)18-28-17-16-21(6)15-11-14-20(5)13-10-12-19(3)4/h9,12,14,16,22-23,25H,2,8,10-11,13,15,17-18H2,1,3-7H3,(H,26,27)/b20-14+,21-16+. The molecule has 0 fully saturated rings. The zero-order valence-corrected chi connectivity index (χ0v) is 19.8. The molecule has 0 aliphatic heterocycles. The van der Waals surface area contributed by atoms with Crippen molar-refractivity contribution in [2.24, 2.45) is 0 Å². The molecule has 0 bridgehead atoms. The molecule has 2 atom stereocenters. The van der Waals surface area contributed by atoms with Crippen LogP contribution < -0.4 is 10.6 Å². The third kappa shape index (κ3) is 14.6. The summed E-state index contributed by atoms with van der Waals surface area (Å²) in [6.45, 7) is 16.4. The summed E-state index contributed by atoms with van der Waals surface area (Å²) in [5, 5.41) is 6.06. The van der Waals surface area contributed by atoms with Gasteiger partial charge in [-0.3, -0.25) is 4.79 Å². The van der Waals surface area contributed by atoms with Crippen molar-refractivity contribution < 1.29 is 4.79 Å². The zero-order valence-electron chi connectivity index (χ0n) is 18.9. The summed E-state index contributed by atoms with van der Waals surface area (Å²) in [6.07, 6.45) is 13.9. The second kappa shape index (κ2) is 16.5. The van der Waals surface area contributed by atoms with E-state index in [1.54, 1.807) is 6.20 Å². The summed E-state index contributed by atoms with van der Waals surface area (Å²) < 4.78 is 0. The molecule has 0 aliphatic rings. The van der Waals surface area contributed by atoms with Crippen molar-refractivity contribution in [1.29, 1.82) is 0 Å². The van der Waals surface area contributed by atoms with Crippen molar-refractivity contribution in [3.63, 3.8) is 0 Å². The first kappa shape index (κ1) is 26.6. The van der Waals surface area contributed by atoms with Crippen molar-refractivity contribution in [2.45, 2.75) is 85.7 Å². The lowest BCUT2D eigenvalue weighted by atomic mass is 10.1. The van der Waals surface area contributed by atoms with Crippen molar-refractivity contribution in [3.05, 3.63) is 47.7 Å². The normalized spacial score (nSPS) is 14.2. The molecule has 2 N–H and O–H groups in total. The van der Waals surface area contributed by atoms with Crippen molar-refractivity contribution in [1.82, 2.24) is 10.6 Å². The average molecular weight is 407 g/mol. The third-order valence-electron chi connectivity index (χ3n) is 4.47. The number of rotatable bonds is 15. The van der Waals surface area contributed by atoms with Gasteiger partial charge in [-0.15, -0.1) is 0 Å². The largest absolute Gasteiger partial charge is 0.380 e. The molecular formula is C24H42N2OS. The minimum atomic E-state index is -0.189. The Kier molecular flexibility index (Phi) is 15.7. The molecule has 0 aromatic rings. The summed E-state index contributed by atoms with van der Waals surface area (Å²) in [5.74, 6) is 1.97. The van der Waals surface area contributed by atoms with Crippen LogP contribution in [-0.2, 0) is 4.79 Å². The summed E-state index contributed by atoms with van der Waals surface area (Å²) in [5.41, 5.74) is 4.33. The quantitative estimate of drug-likeness (QED) is 0.253. The Morgan fingerprint density at radius 2 is 1.64 bits per heavy atom. The summed E-state index contributed by atoms with van der Waals surface area (Å²) in [4.78, 5) is 12.1. The topological polar surface area (TPSA) is 41.1 Å². The van der Waals surface area contributed by atoms with Gasteiger partial charge in [-0.2, -0.15) is 11.8 Å². The van der Waals surface area contributed by atoms with E-state index in [1.165, 1.54) is 16.7 Å². The van der Waals surface area contributed by atoms with E-state index < -0.39 is 0 Å². The molecule has 160 valence electrons. The molecule has 4 heteroatoms. The van der Waals surface area contributed by atoms with Gasteiger partial charge in [0.2, 0.25) is 5.91 Å². The minimum absolute atomic E-state index is 0.0500. The van der Waals surface area contributed by atoms with E-state index in [-0.39, 0.29) is 18.0 Å². The first-order valence-corrected chi connectivity index (χ1v) is 11.6. The molecule has 0 saturated heterocycles. The highest BCUT2D eigenvalue weighted by molar-refractivity contribution is 7.99. The fourth-order valence-electron chi connectivity index (χ4n) is 2.69. The first-order chi connectivity index (χ1) is 13.3. The van der Waals surface area contributed by atoms with Gasteiger partial charge in [0.1, 0.15) is 6.04 Å². The monoisotopic (exact) mass is 406 g/mol. The molecule has 0 saturated carbocycles. The first-order valence-electron chi connectivity index (χ1n) is 10.5. The average Bonchev–Trinajstić information content (AvgIpc) is 2.62. The Labute approximate surface area is 178 Å². The molecule has 0 aromatic carbocycles. The summed E-state index contributed by atoms with van der Waals surface area (Å²) in [7, 11) is 0. The van der Waals surface area contributed by atoms with E-state index in [0.717, 1.165) is 43.6 Å². The highest BCUT2D eigenvalue weighted by Crippen LogP contribution is 2.13. The summed E-state index contributed by atoms with van der Waals surface area (Å²) in [6, 6.07) is -0.0242. The number of hydrogen-bond donors (Lipinski definition) is 2. The molecule has 0 rings (SSSR count). The molecular weight excluding hydrogens is 364 g/mol. The van der Waals surface area contributed by atoms with Gasteiger partial charge in [0.05, 0.1) is 0 Å². The highest BCUT2D eigenvalue weighted by Gasteiger charge is 2.16. The van der Waals surface area contributed by atoms with Crippen LogP contribution in [0.4, 0.5) is 0 Å². The van der Waals surface area contributed by atoms with Crippen LogP contribution in [0.3, 0.4) is 0 Å². The van der Waals surface area contributed by atoms with Crippen LogP contribution in [0.25, 0.3) is 0 Å². The second-order valence-corrected chi connectivity index (χ2v) is 8.81. The van der Waals surface area contributed by atoms with Gasteiger partial charge >= 0.3 is 0 Å². The molecule has 28 heavy (non-hydrogen) atoms. The summed E-state index contributed by atoms with van der Waals surface area (Å²) >= 11 is 1.86. The van der Waals surface area contributed by atoms with Crippen LogP contribution in [0.5, 0.6) is 0 Å². The van der Waals surface area contributed by atoms with Crippen LogP contribution in [0, 0.1) is 0 Å². The molecule has 0 spiro atoms. The lowest BCUT2D eigenvalue weighted by Gasteiger charge is -2.19. The van der Waals surface area contributed by atoms with E-state index in [0.29, 0.717) is 0 Å². The SMILES string of the molecule is C=CNC(CC)C(=O)NC(C)CSC/C=C(\C)CC/C=C(\C)CCC=C(C)C. The van der Waals surface area contributed by atoms with E-state index in [1.807, 2.05) is 18.7 Å². The van der Waals surface area contributed by atoms with Crippen molar-refractivity contribution >= 4 is 17.7 Å². The van der Waals surface area contributed by atoms with Gasteiger partial charge in [-0.05, 0) is 72.9 Å². The number of carbonyl (C=O) groups is 1. The van der Waals surface area contributed by atoms with Gasteiger partial charge in [-0.25, -0.2) is 0 Å². The second-order valence-electron chi connectivity index (χ2n) is 7.74. The third-order valence-corrected chi connectivity index (χ3v) is 5.61. The number of allylic oxidation sites excluding steroid dienone is 5. The zero-order chi connectivity index (χ0) is 21.4. The highest BCUT2D eigenvalue weighted by atomic mass is 32.2. The number of nitrogens with one attached hydrogen (secondary N) is 2. The fraction of sp³-hybridized carbons (Fsp3) is 0.625. The Bertz CT molecular complexity index is 545. The number of hydrogen-bond acceptors (Lipinski definition) is 3. The van der Waals surface area contributed by atoms with Crippen LogP contribution in [-0.4, -0.2) is 29.5 Å². The van der Waals surface area contributed by atoms with Crippen LogP contribution in [0.15, 0.2) is 47.7 Å². The van der Waals surface area contributed by atoms with E-state index >= 15 is 0 Å². The molecule has 0 heterocycles. The maximum Gasteiger partial charge on any atom is 0.242 e. The minimum Gasteiger partial charge on any atom is -0.380 e. The number of amides is 1. The lowest BCUT2D eigenvalue weighted by molar-refractivity contribution is -0.123. The van der Waals surface area contributed by atoms with Crippen molar-refractivity contribution in [2.75, 3.05) is 11.5 Å². The predicted octanol–water partition coefficient (Wildman–Crippen LogP) is 6.16. The molecule has 3 nitrogen and oxygen atoms in total. The van der Waals surface area contributed by atoms with E-state index in [4.69, 9.17) is 0 Å². The Morgan fingerprint density at radius 1 is 1.04 bits per heavy atom. The maximum absolute atomic E-state index is 12.1. The van der Waals surface area contributed by atoms with E-state index in [2.05, 4.69) is 70.1 Å². The molecule has 1 amide bonds. The molecule has 0 aromatic heterocycles. The van der Waals surface area contributed by atoms with Crippen LogP contribution in [0.1, 0.15) is 73.6 Å².